The molecule has 38 heavy (non-hydrogen) atoms. The van der Waals surface area contributed by atoms with Crippen LogP contribution < -0.4 is 10.1 Å². The highest BCUT2D eigenvalue weighted by Crippen LogP contribution is 2.55. The summed E-state index contributed by atoms with van der Waals surface area (Å²) >= 11 is 0. The molecule has 1 fully saturated rings. The van der Waals surface area contributed by atoms with E-state index in [0.29, 0.717) is 0 Å². The van der Waals surface area contributed by atoms with E-state index in [1.54, 1.807) is 0 Å². The van der Waals surface area contributed by atoms with Gasteiger partial charge in [-0.15, -0.1) is 0 Å². The van der Waals surface area contributed by atoms with E-state index in [1.807, 2.05) is 0 Å². The van der Waals surface area contributed by atoms with Crippen LogP contribution in [0.2, 0.25) is 0 Å². The molecule has 0 bridgehead atoms. The summed E-state index contributed by atoms with van der Waals surface area (Å²) in [6, 6.07) is 4.47. The molecule has 1 aromatic heterocycles. The number of nitrogens with one attached hydrogen (secondary N) is 1. The highest BCUT2D eigenvalue weighted by atomic mass is 32.2. The Labute approximate surface area is 216 Å². The van der Waals surface area contributed by atoms with Crippen LogP contribution in [0, 0.1) is 17.6 Å². The standard InChI is InChI=1S/C24H28F5N3O5S/c1-13-18(16-5-6-17(25)19(26)20(16)36-10-9-31-38(3,4)35)21(37-23(13,2)24(27,28)29)22(34)32-14-7-8-30-15(11-14)12-33/h5-8,11,13,18,21,33H,9-10,12H2,1-4H3,(H,30,32,34)/t13-,18-,21+,23+/m0/s1. The van der Waals surface area contributed by atoms with Crippen LogP contribution in [0.15, 0.2) is 34.8 Å². The maximum absolute atomic E-state index is 14.9. The van der Waals surface area contributed by atoms with Crippen LogP contribution in [0.5, 0.6) is 5.75 Å². The maximum atomic E-state index is 14.9. The molecule has 1 amide bonds. The second kappa shape index (κ2) is 11.1. The fraction of sp³-hybridized carbons (Fsp3) is 0.500. The number of carbonyl (C=O) groups is 1. The van der Waals surface area contributed by atoms with Gasteiger partial charge in [0.2, 0.25) is 5.82 Å². The molecule has 2 aromatic rings. The predicted octanol–water partition coefficient (Wildman–Crippen LogP) is 4.04. The number of halogens is 5. The van der Waals surface area contributed by atoms with Gasteiger partial charge in [-0.1, -0.05) is 13.0 Å². The summed E-state index contributed by atoms with van der Waals surface area (Å²) in [6.45, 7) is 1.04. The van der Waals surface area contributed by atoms with Crippen molar-refractivity contribution in [3.8, 4) is 5.75 Å². The first-order valence-corrected chi connectivity index (χ1v) is 13.8. The van der Waals surface area contributed by atoms with E-state index >= 15 is 0 Å². The van der Waals surface area contributed by atoms with E-state index in [0.717, 1.165) is 19.1 Å². The van der Waals surface area contributed by atoms with E-state index in [-0.39, 0.29) is 30.1 Å². The van der Waals surface area contributed by atoms with Gasteiger partial charge < -0.3 is 19.9 Å². The molecule has 3 rings (SSSR count). The molecular formula is C24H28F5N3O5S. The molecule has 0 aliphatic carbocycles. The molecule has 0 unspecified atom stereocenters. The number of alkyl halides is 3. The summed E-state index contributed by atoms with van der Waals surface area (Å²) in [5.74, 6) is -7.28. The lowest BCUT2D eigenvalue weighted by atomic mass is 9.77. The molecule has 1 aliphatic rings. The first-order chi connectivity index (χ1) is 17.6. The zero-order chi connectivity index (χ0) is 28.5. The lowest BCUT2D eigenvalue weighted by molar-refractivity contribution is -0.272. The summed E-state index contributed by atoms with van der Waals surface area (Å²) in [5, 5.41) is 11.7. The van der Waals surface area contributed by atoms with Gasteiger partial charge in [0.05, 0.1) is 18.8 Å². The lowest BCUT2D eigenvalue weighted by Crippen LogP contribution is -2.47. The zero-order valence-electron chi connectivity index (χ0n) is 21.0. The Morgan fingerprint density at radius 1 is 1.29 bits per heavy atom. The van der Waals surface area contributed by atoms with Crippen LogP contribution in [0.3, 0.4) is 0 Å². The number of ether oxygens (including phenoxy) is 2. The summed E-state index contributed by atoms with van der Waals surface area (Å²) < 4.78 is 97.9. The largest absolute Gasteiger partial charge is 0.488 e. The smallest absolute Gasteiger partial charge is 0.417 e. The molecule has 2 N–H and O–H groups in total. The van der Waals surface area contributed by atoms with Crippen LogP contribution in [-0.4, -0.2) is 63.8 Å². The number of anilines is 1. The fourth-order valence-corrected chi connectivity index (χ4v) is 4.75. The van der Waals surface area contributed by atoms with E-state index in [9.17, 15) is 36.1 Å². The number of hydrogen-bond donors (Lipinski definition) is 2. The first kappa shape index (κ1) is 29.7. The maximum Gasteiger partial charge on any atom is 0.417 e. The summed E-state index contributed by atoms with van der Waals surface area (Å²) in [5.41, 5.74) is -2.69. The zero-order valence-corrected chi connectivity index (χ0v) is 21.8. The molecule has 1 aliphatic heterocycles. The monoisotopic (exact) mass is 565 g/mol. The average Bonchev–Trinajstić information content (AvgIpc) is 3.10. The van der Waals surface area contributed by atoms with E-state index in [1.165, 1.54) is 37.8 Å². The topological polar surface area (TPSA) is 110 Å². The van der Waals surface area contributed by atoms with Crippen molar-refractivity contribution in [1.82, 2.24) is 4.98 Å². The fourth-order valence-electron chi connectivity index (χ4n) is 4.24. The number of amides is 1. The SMILES string of the molecule is C[C@H]1[C@@H](c2ccc(F)c(F)c2OCCN=S(C)(C)=O)[C@H](C(=O)Nc2ccnc(CO)c2)O[C@@]1(C)C(F)(F)F. The number of aromatic nitrogens is 1. The Balaban J connectivity index is 2.05. The van der Waals surface area contributed by atoms with Gasteiger partial charge in [0.1, 0.15) is 12.7 Å². The van der Waals surface area contributed by atoms with Gasteiger partial charge in [0.25, 0.3) is 5.91 Å². The summed E-state index contributed by atoms with van der Waals surface area (Å²) in [7, 11) is -2.51. The highest BCUT2D eigenvalue weighted by molar-refractivity contribution is 7.92. The number of aliphatic hydroxyl groups is 1. The van der Waals surface area contributed by atoms with Gasteiger partial charge in [0.15, 0.2) is 17.2 Å². The van der Waals surface area contributed by atoms with Gasteiger partial charge in [-0.05, 0) is 25.1 Å². The van der Waals surface area contributed by atoms with Gasteiger partial charge in [0, 0.05) is 51.5 Å². The van der Waals surface area contributed by atoms with E-state index in [2.05, 4.69) is 14.7 Å². The Kier molecular flexibility index (Phi) is 8.68. The second-order valence-electron chi connectivity index (χ2n) is 9.30. The van der Waals surface area contributed by atoms with Crippen LogP contribution in [0.4, 0.5) is 27.6 Å². The number of carbonyl (C=O) groups excluding carboxylic acids is 1. The number of aliphatic hydroxyl groups excluding tert-OH is 1. The molecule has 0 saturated carbocycles. The molecule has 1 saturated heterocycles. The van der Waals surface area contributed by atoms with Gasteiger partial charge in [-0.2, -0.15) is 17.6 Å². The van der Waals surface area contributed by atoms with Crippen molar-refractivity contribution in [1.29, 1.82) is 0 Å². The van der Waals surface area contributed by atoms with Crippen molar-refractivity contribution in [3.63, 3.8) is 0 Å². The third-order valence-electron chi connectivity index (χ3n) is 6.35. The molecule has 1 aromatic carbocycles. The minimum Gasteiger partial charge on any atom is -0.488 e. The summed E-state index contributed by atoms with van der Waals surface area (Å²) in [6.07, 6.45) is -2.68. The van der Waals surface area contributed by atoms with E-state index in [4.69, 9.17) is 9.47 Å². The average molecular weight is 566 g/mol. The molecule has 4 atom stereocenters. The molecule has 14 heteroatoms. The Hall–Kier alpha value is -2.84. The minimum atomic E-state index is -4.92. The van der Waals surface area contributed by atoms with Crippen LogP contribution in [0.1, 0.15) is 31.0 Å². The molecule has 8 nitrogen and oxygen atoms in total. The van der Waals surface area contributed by atoms with Crippen molar-refractivity contribution in [3.05, 3.63) is 53.4 Å². The van der Waals surface area contributed by atoms with Crippen molar-refractivity contribution in [2.24, 2.45) is 10.3 Å². The van der Waals surface area contributed by atoms with Crippen molar-refractivity contribution in [2.45, 2.75) is 44.3 Å². The third kappa shape index (κ3) is 6.24. The Bertz CT molecular complexity index is 1310. The number of hydrogen-bond acceptors (Lipinski definition) is 7. The predicted molar refractivity (Wildman–Crippen MR) is 129 cm³/mol. The quantitative estimate of drug-likeness (QED) is 0.370. The van der Waals surface area contributed by atoms with Crippen LogP contribution in [-0.2, 0) is 25.9 Å². The second-order valence-corrected chi connectivity index (χ2v) is 11.9. The normalized spacial score (nSPS) is 23.8. The van der Waals surface area contributed by atoms with Crippen molar-refractivity contribution < 1.29 is 45.5 Å². The third-order valence-corrected chi connectivity index (χ3v) is 7.16. The van der Waals surface area contributed by atoms with Gasteiger partial charge in [-0.25, -0.2) is 8.75 Å². The lowest BCUT2D eigenvalue weighted by Gasteiger charge is -2.32. The number of pyridine rings is 1. The van der Waals surface area contributed by atoms with Gasteiger partial charge in [-0.3, -0.25) is 14.0 Å². The molecule has 210 valence electrons. The number of rotatable bonds is 8. The van der Waals surface area contributed by atoms with Crippen LogP contribution in [0.25, 0.3) is 0 Å². The van der Waals surface area contributed by atoms with Gasteiger partial charge >= 0.3 is 6.18 Å². The highest BCUT2D eigenvalue weighted by Gasteiger charge is 2.65. The first-order valence-electron chi connectivity index (χ1n) is 11.4. The van der Waals surface area contributed by atoms with Crippen molar-refractivity contribution in [2.75, 3.05) is 31.0 Å². The summed E-state index contributed by atoms with van der Waals surface area (Å²) in [4.78, 5) is 17.1. The molecule has 2 heterocycles. The minimum absolute atomic E-state index is 0.135. The van der Waals surface area contributed by atoms with Crippen molar-refractivity contribution >= 4 is 21.3 Å². The van der Waals surface area contributed by atoms with Crippen LogP contribution >= 0.6 is 0 Å². The molecule has 0 radical (unpaired) electrons. The molecule has 0 spiro atoms. The molecular weight excluding hydrogens is 537 g/mol. The van der Waals surface area contributed by atoms with E-state index < -0.39 is 69.3 Å². The number of benzene rings is 1. The number of nitrogens with zero attached hydrogens (tertiary/aromatic N) is 2. The Morgan fingerprint density at radius 3 is 2.58 bits per heavy atom. The Morgan fingerprint density at radius 2 is 1.97 bits per heavy atom.